The lowest BCUT2D eigenvalue weighted by molar-refractivity contribution is -0.117. The molecule has 24 heavy (non-hydrogen) atoms. The van der Waals surface area contributed by atoms with Crippen molar-refractivity contribution in [3.8, 4) is 0 Å². The van der Waals surface area contributed by atoms with Crippen LogP contribution in [-0.2, 0) is 9.59 Å². The van der Waals surface area contributed by atoms with Gasteiger partial charge in [0.15, 0.2) is 0 Å². The first kappa shape index (κ1) is 18.8. The van der Waals surface area contributed by atoms with Gasteiger partial charge in [-0.3, -0.25) is 9.59 Å². The summed E-state index contributed by atoms with van der Waals surface area (Å²) >= 11 is 0. The molecule has 2 atom stereocenters. The van der Waals surface area contributed by atoms with E-state index in [1.54, 1.807) is 35.4 Å². The minimum atomic E-state index is 0.104. The molecule has 0 spiro atoms. The van der Waals surface area contributed by atoms with Crippen molar-refractivity contribution in [3.63, 3.8) is 0 Å². The Morgan fingerprint density at radius 2 is 1.04 bits per heavy atom. The van der Waals surface area contributed by atoms with Gasteiger partial charge in [0.1, 0.15) is 11.6 Å². The number of ketones is 2. The van der Waals surface area contributed by atoms with Gasteiger partial charge in [0.05, 0.1) is 0 Å². The van der Waals surface area contributed by atoms with Crippen LogP contribution in [0.5, 0.6) is 0 Å². The second-order valence-corrected chi connectivity index (χ2v) is 8.48. The summed E-state index contributed by atoms with van der Waals surface area (Å²) in [6.45, 7) is 3.26. The third-order valence-electron chi connectivity index (χ3n) is 3.58. The van der Waals surface area contributed by atoms with Crippen LogP contribution in [0.3, 0.4) is 0 Å². The summed E-state index contributed by atoms with van der Waals surface area (Å²) in [6.07, 6.45) is 1.01. The van der Waals surface area contributed by atoms with E-state index in [4.69, 9.17) is 0 Å². The lowest BCUT2D eigenvalue weighted by Gasteiger charge is -2.20. The van der Waals surface area contributed by atoms with Gasteiger partial charge >= 0.3 is 0 Å². The molecule has 2 aromatic carbocycles. The molecule has 2 nitrogen and oxygen atoms in total. The highest BCUT2D eigenvalue weighted by Crippen LogP contribution is 2.48. The van der Waals surface area contributed by atoms with Crippen LogP contribution in [-0.4, -0.2) is 11.6 Å². The molecule has 0 aliphatic rings. The third kappa shape index (κ3) is 6.17. The van der Waals surface area contributed by atoms with E-state index in [1.165, 1.54) is 0 Å². The largest absolute Gasteiger partial charge is 0.300 e. The van der Waals surface area contributed by atoms with Crippen LogP contribution in [0.1, 0.15) is 48.3 Å². The van der Waals surface area contributed by atoms with Crippen molar-refractivity contribution in [2.45, 2.75) is 37.2 Å². The molecule has 0 aliphatic carbocycles. The van der Waals surface area contributed by atoms with Crippen molar-refractivity contribution >= 4 is 33.2 Å². The predicted molar refractivity (Wildman–Crippen MR) is 104 cm³/mol. The van der Waals surface area contributed by atoms with Crippen molar-refractivity contribution in [2.24, 2.45) is 0 Å². The number of carbonyl (C=O) groups is 2. The maximum atomic E-state index is 11.6. The summed E-state index contributed by atoms with van der Waals surface area (Å²) in [5.74, 6) is 0.361. The van der Waals surface area contributed by atoms with Gasteiger partial charge in [0.2, 0.25) is 0 Å². The maximum absolute atomic E-state index is 11.6. The van der Waals surface area contributed by atoms with Gasteiger partial charge in [0.25, 0.3) is 0 Å². The summed E-state index contributed by atoms with van der Waals surface area (Å²) in [4.78, 5) is 23.3. The maximum Gasteiger partial charge on any atom is 0.131 e. The minimum absolute atomic E-state index is 0.104. The van der Waals surface area contributed by atoms with E-state index < -0.39 is 0 Å². The SMILES string of the molecule is CC(=O)C[C@H](SS[C@@H](CC(C)=O)c1ccccc1)c1ccccc1. The van der Waals surface area contributed by atoms with Gasteiger partial charge in [-0.05, 0) is 25.0 Å². The van der Waals surface area contributed by atoms with E-state index in [9.17, 15) is 9.59 Å². The van der Waals surface area contributed by atoms with Crippen LogP contribution in [0.25, 0.3) is 0 Å². The second-order valence-electron chi connectivity index (χ2n) is 5.80. The fourth-order valence-corrected chi connectivity index (χ4v) is 5.70. The number of Topliss-reactive ketones (excluding diaryl/α,β-unsaturated/α-hetero) is 2. The molecule has 0 unspecified atom stereocenters. The van der Waals surface area contributed by atoms with E-state index in [-0.39, 0.29) is 22.1 Å². The summed E-state index contributed by atoms with van der Waals surface area (Å²) in [6, 6.07) is 20.2. The summed E-state index contributed by atoms with van der Waals surface area (Å²) < 4.78 is 0. The van der Waals surface area contributed by atoms with Crippen LogP contribution in [0.15, 0.2) is 60.7 Å². The average Bonchev–Trinajstić information content (AvgIpc) is 2.58. The Kier molecular flexibility index (Phi) is 7.60. The summed E-state index contributed by atoms with van der Waals surface area (Å²) in [5, 5.41) is 0.207. The standard InChI is InChI=1S/C20H22O2S2/c1-15(21)13-19(17-9-5-3-6-10-17)23-24-20(14-16(2)22)18-11-7-4-8-12-18/h3-12,19-20H,13-14H2,1-2H3/t19-,20-/m0/s1. The van der Waals surface area contributed by atoms with Crippen LogP contribution < -0.4 is 0 Å². The fourth-order valence-electron chi connectivity index (χ4n) is 2.41. The molecule has 2 rings (SSSR count). The zero-order valence-electron chi connectivity index (χ0n) is 14.0. The lowest BCUT2D eigenvalue weighted by atomic mass is 10.1. The Hall–Kier alpha value is -1.52. The molecule has 0 heterocycles. The molecule has 0 radical (unpaired) electrons. The molecule has 0 saturated heterocycles. The van der Waals surface area contributed by atoms with Gasteiger partial charge in [-0.2, -0.15) is 0 Å². The molecule has 0 N–H and O–H groups in total. The first-order valence-electron chi connectivity index (χ1n) is 7.97. The van der Waals surface area contributed by atoms with E-state index in [2.05, 4.69) is 24.3 Å². The number of benzene rings is 2. The molecule has 126 valence electrons. The van der Waals surface area contributed by atoms with Crippen molar-refractivity contribution < 1.29 is 9.59 Å². The zero-order valence-corrected chi connectivity index (χ0v) is 15.6. The minimum Gasteiger partial charge on any atom is -0.300 e. The smallest absolute Gasteiger partial charge is 0.131 e. The van der Waals surface area contributed by atoms with Crippen LogP contribution in [0, 0.1) is 0 Å². The number of rotatable bonds is 9. The molecule has 0 bridgehead atoms. The number of carbonyl (C=O) groups excluding carboxylic acids is 2. The highest BCUT2D eigenvalue weighted by molar-refractivity contribution is 8.76. The Morgan fingerprint density at radius 3 is 1.33 bits per heavy atom. The first-order chi connectivity index (χ1) is 11.6. The Bertz CT molecular complexity index is 596. The van der Waals surface area contributed by atoms with E-state index in [0.29, 0.717) is 12.8 Å². The Balaban J connectivity index is 2.12. The number of hydrogen-bond donors (Lipinski definition) is 0. The molecule has 2 aromatic rings. The van der Waals surface area contributed by atoms with Gasteiger partial charge in [0, 0.05) is 23.3 Å². The summed E-state index contributed by atoms with van der Waals surface area (Å²) in [7, 11) is 3.38. The third-order valence-corrected chi connectivity index (χ3v) is 6.76. The highest BCUT2D eigenvalue weighted by atomic mass is 33.1. The van der Waals surface area contributed by atoms with Crippen molar-refractivity contribution in [1.82, 2.24) is 0 Å². The molecule has 0 amide bonds. The second kappa shape index (κ2) is 9.70. The van der Waals surface area contributed by atoms with Crippen molar-refractivity contribution in [2.75, 3.05) is 0 Å². The molecule has 0 saturated carbocycles. The quantitative estimate of drug-likeness (QED) is 0.530. The summed E-state index contributed by atoms with van der Waals surface area (Å²) in [5.41, 5.74) is 2.31. The topological polar surface area (TPSA) is 34.1 Å². The van der Waals surface area contributed by atoms with E-state index >= 15 is 0 Å². The van der Waals surface area contributed by atoms with Crippen LogP contribution >= 0.6 is 21.6 Å². The van der Waals surface area contributed by atoms with Gasteiger partial charge in [-0.1, -0.05) is 82.3 Å². The van der Waals surface area contributed by atoms with Crippen LogP contribution in [0.2, 0.25) is 0 Å². The van der Waals surface area contributed by atoms with Gasteiger partial charge in [-0.15, -0.1) is 0 Å². The molecule has 4 heteroatoms. The molecule has 0 fully saturated rings. The Morgan fingerprint density at radius 1 is 0.708 bits per heavy atom. The molecule has 0 aromatic heterocycles. The number of hydrogen-bond acceptors (Lipinski definition) is 4. The first-order valence-corrected chi connectivity index (χ1v) is 10.2. The van der Waals surface area contributed by atoms with E-state index in [1.807, 2.05) is 36.4 Å². The van der Waals surface area contributed by atoms with Crippen molar-refractivity contribution in [3.05, 3.63) is 71.8 Å². The normalized spacial score (nSPS) is 13.2. The molecular formula is C20H22O2S2. The predicted octanol–water partition coefficient (Wildman–Crippen LogP) is 5.81. The molecule has 0 aliphatic heterocycles. The van der Waals surface area contributed by atoms with Gasteiger partial charge in [-0.25, -0.2) is 0 Å². The fraction of sp³-hybridized carbons (Fsp3) is 0.300. The monoisotopic (exact) mass is 358 g/mol. The molecular weight excluding hydrogens is 336 g/mol. The van der Waals surface area contributed by atoms with Gasteiger partial charge < -0.3 is 0 Å². The average molecular weight is 359 g/mol. The van der Waals surface area contributed by atoms with Crippen molar-refractivity contribution in [1.29, 1.82) is 0 Å². The zero-order chi connectivity index (χ0) is 17.4. The lowest BCUT2D eigenvalue weighted by Crippen LogP contribution is -2.03. The highest BCUT2D eigenvalue weighted by Gasteiger charge is 2.20. The van der Waals surface area contributed by atoms with Crippen LogP contribution in [0.4, 0.5) is 0 Å². The Labute approximate surface area is 151 Å². The van der Waals surface area contributed by atoms with E-state index in [0.717, 1.165) is 11.1 Å².